The molecule has 2 fully saturated rings. The number of para-hydroxylation sites is 1. The molecule has 0 aliphatic carbocycles. The molecule has 2 N–H and O–H groups in total. The Balaban J connectivity index is 1.41. The van der Waals surface area contributed by atoms with Gasteiger partial charge < -0.3 is 15.5 Å². The number of carbonyl (C=O) groups is 2. The standard InChI is InChI=1S/C16H22N4O2/c21-15(18-14-4-2-1-3-5-14)12-19-6-8-20(9-7-19)16(22)13-10-17-11-13/h1-5,13,17H,6-12H2,(H,18,21). The van der Waals surface area contributed by atoms with Crippen molar-refractivity contribution in [3.05, 3.63) is 30.3 Å². The van der Waals surface area contributed by atoms with Crippen LogP contribution in [0.25, 0.3) is 0 Å². The van der Waals surface area contributed by atoms with Gasteiger partial charge in [0.15, 0.2) is 0 Å². The van der Waals surface area contributed by atoms with E-state index in [2.05, 4.69) is 15.5 Å². The lowest BCUT2D eigenvalue weighted by Gasteiger charge is -2.38. The second-order valence-corrected chi connectivity index (χ2v) is 5.87. The van der Waals surface area contributed by atoms with Crippen molar-refractivity contribution in [3.8, 4) is 0 Å². The number of hydrogen-bond donors (Lipinski definition) is 2. The van der Waals surface area contributed by atoms with E-state index in [9.17, 15) is 9.59 Å². The van der Waals surface area contributed by atoms with E-state index in [4.69, 9.17) is 0 Å². The smallest absolute Gasteiger partial charge is 0.238 e. The Morgan fingerprint density at radius 2 is 1.77 bits per heavy atom. The van der Waals surface area contributed by atoms with Gasteiger partial charge in [0.05, 0.1) is 12.5 Å². The average Bonchev–Trinajstić information content (AvgIpc) is 2.47. The summed E-state index contributed by atoms with van der Waals surface area (Å²) in [6.45, 7) is 4.93. The molecule has 2 aliphatic rings. The third-order valence-electron chi connectivity index (χ3n) is 4.24. The largest absolute Gasteiger partial charge is 0.340 e. The molecule has 2 aliphatic heterocycles. The fourth-order valence-electron chi connectivity index (χ4n) is 2.77. The molecule has 0 unspecified atom stereocenters. The Kier molecular flexibility index (Phi) is 4.70. The number of nitrogens with one attached hydrogen (secondary N) is 2. The van der Waals surface area contributed by atoms with Gasteiger partial charge in [0, 0.05) is 45.0 Å². The van der Waals surface area contributed by atoms with E-state index in [1.165, 1.54) is 0 Å². The first kappa shape index (κ1) is 15.0. The van der Waals surface area contributed by atoms with Crippen LogP contribution in [0.3, 0.4) is 0 Å². The number of amides is 2. The van der Waals surface area contributed by atoms with Crippen LogP contribution >= 0.6 is 0 Å². The maximum Gasteiger partial charge on any atom is 0.238 e. The van der Waals surface area contributed by atoms with Crippen LogP contribution in [0.1, 0.15) is 0 Å². The lowest BCUT2D eigenvalue weighted by atomic mass is 10.0. The van der Waals surface area contributed by atoms with Crippen LogP contribution in [0, 0.1) is 5.92 Å². The molecule has 3 rings (SSSR count). The monoisotopic (exact) mass is 302 g/mol. The highest BCUT2D eigenvalue weighted by molar-refractivity contribution is 5.92. The molecular weight excluding hydrogens is 280 g/mol. The van der Waals surface area contributed by atoms with Gasteiger partial charge in [0.1, 0.15) is 0 Å². The predicted molar refractivity (Wildman–Crippen MR) is 84.5 cm³/mol. The molecule has 6 nitrogen and oxygen atoms in total. The zero-order valence-corrected chi connectivity index (χ0v) is 12.6. The molecule has 0 bridgehead atoms. The van der Waals surface area contributed by atoms with Crippen LogP contribution in [-0.2, 0) is 9.59 Å². The maximum atomic E-state index is 12.1. The van der Waals surface area contributed by atoms with E-state index < -0.39 is 0 Å². The zero-order chi connectivity index (χ0) is 15.4. The lowest BCUT2D eigenvalue weighted by Crippen LogP contribution is -2.57. The summed E-state index contributed by atoms with van der Waals surface area (Å²) in [5.74, 6) is 0.411. The van der Waals surface area contributed by atoms with Crippen LogP contribution in [0.15, 0.2) is 30.3 Å². The van der Waals surface area contributed by atoms with Crippen LogP contribution < -0.4 is 10.6 Å². The quantitative estimate of drug-likeness (QED) is 0.821. The summed E-state index contributed by atoms with van der Waals surface area (Å²) >= 11 is 0. The molecule has 2 heterocycles. The number of hydrogen-bond acceptors (Lipinski definition) is 4. The Bertz CT molecular complexity index is 522. The second kappa shape index (κ2) is 6.89. The molecule has 2 amide bonds. The molecular formula is C16H22N4O2. The first-order valence-electron chi connectivity index (χ1n) is 7.79. The van der Waals surface area contributed by atoms with Crippen LogP contribution in [0.2, 0.25) is 0 Å². The van der Waals surface area contributed by atoms with Gasteiger partial charge in [-0.15, -0.1) is 0 Å². The summed E-state index contributed by atoms with van der Waals surface area (Å²) in [4.78, 5) is 28.2. The second-order valence-electron chi connectivity index (χ2n) is 5.87. The first-order valence-corrected chi connectivity index (χ1v) is 7.79. The van der Waals surface area contributed by atoms with Gasteiger partial charge in [0.2, 0.25) is 11.8 Å². The highest BCUT2D eigenvalue weighted by Gasteiger charge is 2.31. The zero-order valence-electron chi connectivity index (χ0n) is 12.6. The molecule has 0 atom stereocenters. The minimum Gasteiger partial charge on any atom is -0.340 e. The number of piperazine rings is 1. The van der Waals surface area contributed by atoms with Crippen molar-refractivity contribution < 1.29 is 9.59 Å². The summed E-state index contributed by atoms with van der Waals surface area (Å²) in [7, 11) is 0. The predicted octanol–water partition coefficient (Wildman–Crippen LogP) is -0.0113. The number of nitrogens with zero attached hydrogens (tertiary/aromatic N) is 2. The van der Waals surface area contributed by atoms with Gasteiger partial charge in [-0.05, 0) is 12.1 Å². The SMILES string of the molecule is O=C(CN1CCN(C(=O)C2CNC2)CC1)Nc1ccccc1. The molecule has 6 heteroatoms. The summed E-state index contributed by atoms with van der Waals surface area (Å²) in [6.07, 6.45) is 0. The van der Waals surface area contributed by atoms with E-state index in [-0.39, 0.29) is 17.7 Å². The maximum absolute atomic E-state index is 12.1. The van der Waals surface area contributed by atoms with Crippen molar-refractivity contribution in [1.29, 1.82) is 0 Å². The summed E-state index contributed by atoms with van der Waals surface area (Å²) in [5.41, 5.74) is 0.818. The molecule has 1 aromatic carbocycles. The Labute approximate surface area is 130 Å². The van der Waals surface area contributed by atoms with Crippen molar-refractivity contribution in [2.24, 2.45) is 5.92 Å². The molecule has 2 saturated heterocycles. The van der Waals surface area contributed by atoms with E-state index in [0.29, 0.717) is 19.6 Å². The third kappa shape index (κ3) is 3.64. The van der Waals surface area contributed by atoms with E-state index in [1.807, 2.05) is 35.2 Å². The Morgan fingerprint density at radius 3 is 2.36 bits per heavy atom. The highest BCUT2D eigenvalue weighted by atomic mass is 16.2. The van der Waals surface area contributed by atoms with Crippen LogP contribution in [-0.4, -0.2) is 67.4 Å². The third-order valence-corrected chi connectivity index (χ3v) is 4.24. The van der Waals surface area contributed by atoms with Crippen LogP contribution in [0.4, 0.5) is 5.69 Å². The molecule has 0 radical (unpaired) electrons. The Hall–Kier alpha value is -1.92. The normalized spacial score (nSPS) is 19.5. The molecule has 1 aromatic rings. The highest BCUT2D eigenvalue weighted by Crippen LogP contribution is 2.11. The minimum atomic E-state index is -0.00540. The lowest BCUT2D eigenvalue weighted by molar-refractivity contribution is -0.138. The van der Waals surface area contributed by atoms with E-state index in [0.717, 1.165) is 31.9 Å². The van der Waals surface area contributed by atoms with Crippen molar-refractivity contribution >= 4 is 17.5 Å². The van der Waals surface area contributed by atoms with Gasteiger partial charge in [-0.3, -0.25) is 14.5 Å². The number of carbonyl (C=O) groups excluding carboxylic acids is 2. The van der Waals surface area contributed by atoms with Crippen molar-refractivity contribution in [2.45, 2.75) is 0 Å². The van der Waals surface area contributed by atoms with Crippen molar-refractivity contribution in [2.75, 3.05) is 51.1 Å². The number of benzene rings is 1. The topological polar surface area (TPSA) is 64.7 Å². The number of rotatable bonds is 4. The molecule has 22 heavy (non-hydrogen) atoms. The Morgan fingerprint density at radius 1 is 1.09 bits per heavy atom. The van der Waals surface area contributed by atoms with Gasteiger partial charge in [-0.1, -0.05) is 18.2 Å². The van der Waals surface area contributed by atoms with Crippen molar-refractivity contribution in [3.63, 3.8) is 0 Å². The van der Waals surface area contributed by atoms with Gasteiger partial charge in [-0.25, -0.2) is 0 Å². The molecule has 0 spiro atoms. The summed E-state index contributed by atoms with van der Waals surface area (Å²) < 4.78 is 0. The first-order chi connectivity index (χ1) is 10.7. The van der Waals surface area contributed by atoms with Gasteiger partial charge >= 0.3 is 0 Å². The van der Waals surface area contributed by atoms with E-state index >= 15 is 0 Å². The fraction of sp³-hybridized carbons (Fsp3) is 0.500. The number of anilines is 1. The van der Waals surface area contributed by atoms with Crippen LogP contribution in [0.5, 0.6) is 0 Å². The summed E-state index contributed by atoms with van der Waals surface area (Å²) in [5, 5.41) is 6.02. The molecule has 0 saturated carbocycles. The van der Waals surface area contributed by atoms with E-state index in [1.54, 1.807) is 0 Å². The fourth-order valence-corrected chi connectivity index (χ4v) is 2.77. The van der Waals surface area contributed by atoms with Gasteiger partial charge in [-0.2, -0.15) is 0 Å². The van der Waals surface area contributed by atoms with Gasteiger partial charge in [0.25, 0.3) is 0 Å². The molecule has 0 aromatic heterocycles. The molecule has 118 valence electrons. The minimum absolute atomic E-state index is 0.00540. The summed E-state index contributed by atoms with van der Waals surface area (Å²) in [6, 6.07) is 9.47. The average molecular weight is 302 g/mol. The van der Waals surface area contributed by atoms with Crippen molar-refractivity contribution in [1.82, 2.24) is 15.1 Å².